The molecule has 8 nitrogen and oxygen atoms in total. The Morgan fingerprint density at radius 1 is 0.914 bits per heavy atom. The van der Waals surface area contributed by atoms with E-state index in [4.69, 9.17) is 9.84 Å². The minimum atomic E-state index is -1.61. The lowest BCUT2D eigenvalue weighted by molar-refractivity contribution is -0.141. The van der Waals surface area contributed by atoms with Crippen LogP contribution in [0.5, 0.6) is 0 Å². The molecule has 0 aliphatic heterocycles. The lowest BCUT2D eigenvalue weighted by atomic mass is 9.98. The van der Waals surface area contributed by atoms with Gasteiger partial charge in [0.25, 0.3) is 5.91 Å². The maximum atomic E-state index is 12.7. The van der Waals surface area contributed by atoms with Gasteiger partial charge in [0.15, 0.2) is 0 Å². The van der Waals surface area contributed by atoms with Crippen molar-refractivity contribution in [1.29, 1.82) is 0 Å². The molecule has 4 N–H and O–H groups in total. The van der Waals surface area contributed by atoms with E-state index in [9.17, 15) is 19.5 Å². The zero-order chi connectivity index (χ0) is 25.0. The van der Waals surface area contributed by atoms with Gasteiger partial charge in [0.1, 0.15) is 6.61 Å². The third kappa shape index (κ3) is 5.50. The van der Waals surface area contributed by atoms with Crippen molar-refractivity contribution in [2.75, 3.05) is 18.5 Å². The van der Waals surface area contributed by atoms with Gasteiger partial charge in [0.05, 0.1) is 23.3 Å². The summed E-state index contributed by atoms with van der Waals surface area (Å²) in [6.45, 7) is 1.19. The van der Waals surface area contributed by atoms with E-state index in [2.05, 4.69) is 22.8 Å². The predicted octanol–water partition coefficient (Wildman–Crippen LogP) is 4.00. The molecule has 0 saturated carbocycles. The molecule has 1 aliphatic rings. The molecule has 2 amide bonds. The zero-order valence-corrected chi connectivity index (χ0v) is 19.2. The fourth-order valence-electron chi connectivity index (χ4n) is 4.29. The van der Waals surface area contributed by atoms with Gasteiger partial charge in [0.2, 0.25) is 0 Å². The number of nitrogens with one attached hydrogen (secondary N) is 2. The highest BCUT2D eigenvalue weighted by atomic mass is 16.5. The van der Waals surface area contributed by atoms with E-state index in [1.54, 1.807) is 18.2 Å². The first-order valence-electron chi connectivity index (χ1n) is 11.2. The number of benzene rings is 3. The summed E-state index contributed by atoms with van der Waals surface area (Å²) in [7, 11) is 0. The van der Waals surface area contributed by atoms with E-state index >= 15 is 0 Å². The molecule has 0 spiro atoms. The van der Waals surface area contributed by atoms with Crippen LogP contribution >= 0.6 is 0 Å². The zero-order valence-electron chi connectivity index (χ0n) is 19.2. The molecule has 0 heterocycles. The first-order valence-corrected chi connectivity index (χ1v) is 11.2. The molecule has 8 heteroatoms. The lowest BCUT2D eigenvalue weighted by Gasteiger charge is -2.22. The van der Waals surface area contributed by atoms with Crippen molar-refractivity contribution in [1.82, 2.24) is 5.32 Å². The highest BCUT2D eigenvalue weighted by Gasteiger charge is 2.29. The second-order valence-electron chi connectivity index (χ2n) is 8.75. The lowest BCUT2D eigenvalue weighted by Crippen LogP contribution is -2.42. The standard InChI is InChI=1S/C27H26N2O6/c1-27(34,14-24(30)31)16-28-25(32)21-12-6-7-13-23(21)29-26(33)35-15-22-19-10-4-2-8-17(19)18-9-3-5-11-20(18)22/h2-13,22,34H,14-16H2,1H3,(H,28,32)(H,29,33)(H,30,31). The number of aliphatic hydroxyl groups is 1. The Morgan fingerprint density at radius 3 is 2.11 bits per heavy atom. The Balaban J connectivity index is 1.41. The summed E-state index contributed by atoms with van der Waals surface area (Å²) in [6.07, 6.45) is -1.22. The average Bonchev–Trinajstić information content (AvgIpc) is 3.14. The fraction of sp³-hybridized carbons (Fsp3) is 0.222. The quantitative estimate of drug-likeness (QED) is 0.391. The second-order valence-corrected chi connectivity index (χ2v) is 8.75. The molecule has 1 unspecified atom stereocenters. The molecule has 0 saturated heterocycles. The van der Waals surface area contributed by atoms with Gasteiger partial charge in [-0.1, -0.05) is 60.7 Å². The van der Waals surface area contributed by atoms with Crippen molar-refractivity contribution >= 4 is 23.7 Å². The normalized spacial score (nSPS) is 13.8. The van der Waals surface area contributed by atoms with Crippen LogP contribution < -0.4 is 10.6 Å². The second kappa shape index (κ2) is 9.99. The maximum Gasteiger partial charge on any atom is 0.411 e. The number of anilines is 1. The molecule has 3 aromatic rings. The molecule has 3 aromatic carbocycles. The van der Waals surface area contributed by atoms with Crippen molar-refractivity contribution in [2.24, 2.45) is 0 Å². The van der Waals surface area contributed by atoms with Crippen molar-refractivity contribution < 1.29 is 29.3 Å². The molecule has 0 fully saturated rings. The average molecular weight is 475 g/mol. The third-order valence-electron chi connectivity index (χ3n) is 5.91. The number of amides is 2. The number of ether oxygens (including phenoxy) is 1. The van der Waals surface area contributed by atoms with Crippen LogP contribution in [0.25, 0.3) is 11.1 Å². The molecule has 0 radical (unpaired) electrons. The summed E-state index contributed by atoms with van der Waals surface area (Å²) >= 11 is 0. The Morgan fingerprint density at radius 2 is 1.49 bits per heavy atom. The molecule has 1 aliphatic carbocycles. The van der Waals surface area contributed by atoms with E-state index < -0.39 is 30.0 Å². The maximum absolute atomic E-state index is 12.7. The molecular weight excluding hydrogens is 448 g/mol. The van der Waals surface area contributed by atoms with Gasteiger partial charge < -0.3 is 20.3 Å². The van der Waals surface area contributed by atoms with E-state index in [1.807, 2.05) is 36.4 Å². The first-order chi connectivity index (χ1) is 16.7. The SMILES string of the molecule is CC(O)(CNC(=O)c1ccccc1NC(=O)OCC1c2ccccc2-c2ccccc21)CC(=O)O. The van der Waals surface area contributed by atoms with Crippen LogP contribution in [0.1, 0.15) is 40.7 Å². The number of carboxylic acids is 1. The number of carbonyl (C=O) groups excluding carboxylic acids is 2. The molecular formula is C27H26N2O6. The van der Waals surface area contributed by atoms with E-state index in [0.29, 0.717) is 0 Å². The van der Waals surface area contributed by atoms with Gasteiger partial charge in [-0.05, 0) is 41.3 Å². The number of carboxylic acid groups (broad SMARTS) is 1. The van der Waals surface area contributed by atoms with Gasteiger partial charge in [-0.3, -0.25) is 14.9 Å². The van der Waals surface area contributed by atoms with Gasteiger partial charge in [-0.25, -0.2) is 4.79 Å². The Labute approximate surface area is 202 Å². The Hall–Kier alpha value is -4.17. The number of hydrogen-bond donors (Lipinski definition) is 4. The summed E-state index contributed by atoms with van der Waals surface area (Å²) in [5.74, 6) is -1.84. The van der Waals surface area contributed by atoms with Crippen LogP contribution in [0.2, 0.25) is 0 Å². The van der Waals surface area contributed by atoms with Crippen LogP contribution in [-0.2, 0) is 9.53 Å². The summed E-state index contributed by atoms with van der Waals surface area (Å²) in [5.41, 5.74) is 3.21. The van der Waals surface area contributed by atoms with E-state index in [0.717, 1.165) is 22.3 Å². The molecule has 1 atom stereocenters. The number of rotatable bonds is 8. The largest absolute Gasteiger partial charge is 0.481 e. The minimum Gasteiger partial charge on any atom is -0.481 e. The highest BCUT2D eigenvalue weighted by molar-refractivity contribution is 6.02. The molecule has 35 heavy (non-hydrogen) atoms. The highest BCUT2D eigenvalue weighted by Crippen LogP contribution is 2.44. The first kappa shape index (κ1) is 24.0. The fourth-order valence-corrected chi connectivity index (χ4v) is 4.29. The van der Waals surface area contributed by atoms with Gasteiger partial charge in [-0.15, -0.1) is 0 Å². The van der Waals surface area contributed by atoms with Crippen LogP contribution in [-0.4, -0.2) is 46.9 Å². The van der Waals surface area contributed by atoms with Crippen molar-refractivity contribution in [3.05, 3.63) is 89.5 Å². The van der Waals surface area contributed by atoms with Gasteiger partial charge >= 0.3 is 12.1 Å². The minimum absolute atomic E-state index is 0.0943. The van der Waals surface area contributed by atoms with E-state index in [-0.39, 0.29) is 30.3 Å². The predicted molar refractivity (Wildman–Crippen MR) is 130 cm³/mol. The third-order valence-corrected chi connectivity index (χ3v) is 5.91. The summed E-state index contributed by atoms with van der Waals surface area (Å²) in [6, 6.07) is 22.4. The van der Waals surface area contributed by atoms with Crippen LogP contribution in [0.3, 0.4) is 0 Å². The number of para-hydroxylation sites is 1. The van der Waals surface area contributed by atoms with Crippen LogP contribution in [0, 0.1) is 0 Å². The van der Waals surface area contributed by atoms with Crippen molar-refractivity contribution in [3.8, 4) is 11.1 Å². The Bertz CT molecular complexity index is 1220. The number of aliphatic carboxylic acids is 1. The van der Waals surface area contributed by atoms with Crippen LogP contribution in [0.4, 0.5) is 10.5 Å². The van der Waals surface area contributed by atoms with Gasteiger partial charge in [0, 0.05) is 12.5 Å². The summed E-state index contributed by atoms with van der Waals surface area (Å²) in [4.78, 5) is 36.2. The summed E-state index contributed by atoms with van der Waals surface area (Å²) in [5, 5.41) is 24.1. The topological polar surface area (TPSA) is 125 Å². The van der Waals surface area contributed by atoms with Crippen LogP contribution in [0.15, 0.2) is 72.8 Å². The monoisotopic (exact) mass is 474 g/mol. The van der Waals surface area contributed by atoms with Gasteiger partial charge in [-0.2, -0.15) is 0 Å². The molecule has 180 valence electrons. The number of hydrogen-bond acceptors (Lipinski definition) is 5. The number of carbonyl (C=O) groups is 3. The molecule has 4 rings (SSSR count). The number of fused-ring (bicyclic) bond motifs is 3. The van der Waals surface area contributed by atoms with Crippen molar-refractivity contribution in [2.45, 2.75) is 24.9 Å². The molecule has 0 aromatic heterocycles. The summed E-state index contributed by atoms with van der Waals surface area (Å²) < 4.78 is 5.55. The smallest absolute Gasteiger partial charge is 0.411 e. The van der Waals surface area contributed by atoms with E-state index in [1.165, 1.54) is 13.0 Å². The Kier molecular flexibility index (Phi) is 6.84. The van der Waals surface area contributed by atoms with Crippen molar-refractivity contribution in [3.63, 3.8) is 0 Å². The molecule has 0 bridgehead atoms.